The maximum absolute atomic E-state index is 12.3. The summed E-state index contributed by atoms with van der Waals surface area (Å²) < 4.78 is 5.31. The third-order valence-corrected chi connectivity index (χ3v) is 3.21. The van der Waals surface area contributed by atoms with E-state index < -0.39 is 0 Å². The quantitative estimate of drug-likeness (QED) is 0.800. The molecular weight excluding hydrogens is 285 g/mol. The van der Waals surface area contributed by atoms with Crippen LogP contribution in [0.4, 0.5) is 0 Å². The molecule has 2 rings (SSSR count). The van der Waals surface area contributed by atoms with Crippen molar-refractivity contribution >= 4 is 29.0 Å². The van der Waals surface area contributed by atoms with Crippen LogP contribution in [0, 0.1) is 0 Å². The molecule has 5 heteroatoms. The van der Waals surface area contributed by atoms with Crippen LogP contribution in [0.3, 0.4) is 0 Å². The fourth-order valence-corrected chi connectivity index (χ4v) is 1.89. The highest BCUT2D eigenvalue weighted by atomic mass is 35.5. The van der Waals surface area contributed by atoms with Crippen LogP contribution in [-0.4, -0.2) is 17.4 Å². The van der Waals surface area contributed by atoms with Gasteiger partial charge in [-0.3, -0.25) is 9.78 Å². The topological polar surface area (TPSA) is 39.2 Å². The lowest BCUT2D eigenvalue weighted by Gasteiger charge is -2.05. The molecule has 0 aliphatic carbocycles. The van der Waals surface area contributed by atoms with Gasteiger partial charge in [-0.1, -0.05) is 23.2 Å². The molecule has 0 spiro atoms. The van der Waals surface area contributed by atoms with Gasteiger partial charge in [-0.05, 0) is 31.2 Å². The Kier molecular flexibility index (Phi) is 4.40. The Bertz CT molecular complexity index is 614. The van der Waals surface area contributed by atoms with Crippen LogP contribution in [0.2, 0.25) is 10.0 Å². The smallest absolute Gasteiger partial charge is 0.194 e. The Morgan fingerprint density at radius 2 is 1.95 bits per heavy atom. The minimum absolute atomic E-state index is 0.174. The number of carbonyl (C=O) groups is 1. The van der Waals surface area contributed by atoms with Gasteiger partial charge in [0.2, 0.25) is 0 Å². The van der Waals surface area contributed by atoms with Gasteiger partial charge < -0.3 is 4.74 Å². The summed E-state index contributed by atoms with van der Waals surface area (Å²) in [5, 5.41) is 0.765. The number of ether oxygens (including phenoxy) is 1. The molecule has 0 amide bonds. The van der Waals surface area contributed by atoms with Crippen molar-refractivity contribution in [3.63, 3.8) is 0 Å². The fourth-order valence-electron chi connectivity index (χ4n) is 1.59. The second-order valence-electron chi connectivity index (χ2n) is 3.80. The number of rotatable bonds is 4. The normalized spacial score (nSPS) is 10.3. The van der Waals surface area contributed by atoms with E-state index in [-0.39, 0.29) is 5.78 Å². The van der Waals surface area contributed by atoms with Crippen LogP contribution in [0.25, 0.3) is 0 Å². The molecule has 0 aliphatic rings. The SMILES string of the molecule is CCOc1cncc(C(=O)c2ccc(Cl)c(Cl)c2)c1. The first kappa shape index (κ1) is 13.8. The van der Waals surface area contributed by atoms with E-state index in [1.165, 1.54) is 6.20 Å². The molecule has 0 N–H and O–H groups in total. The van der Waals surface area contributed by atoms with Gasteiger partial charge in [0.15, 0.2) is 5.78 Å². The van der Waals surface area contributed by atoms with Gasteiger partial charge in [0.25, 0.3) is 0 Å². The molecule has 0 bridgehead atoms. The first-order chi connectivity index (χ1) is 9.11. The molecule has 0 radical (unpaired) electrons. The predicted octanol–water partition coefficient (Wildman–Crippen LogP) is 4.02. The number of benzene rings is 1. The lowest BCUT2D eigenvalue weighted by molar-refractivity contribution is 0.103. The summed E-state index contributed by atoms with van der Waals surface area (Å²) in [7, 11) is 0. The van der Waals surface area contributed by atoms with E-state index in [1.54, 1.807) is 30.5 Å². The highest BCUT2D eigenvalue weighted by Crippen LogP contribution is 2.24. The fraction of sp³-hybridized carbons (Fsp3) is 0.143. The second-order valence-corrected chi connectivity index (χ2v) is 4.61. The minimum Gasteiger partial charge on any atom is -0.492 e. The van der Waals surface area contributed by atoms with Gasteiger partial charge in [-0.15, -0.1) is 0 Å². The van der Waals surface area contributed by atoms with Crippen molar-refractivity contribution in [3.8, 4) is 5.75 Å². The summed E-state index contributed by atoms with van der Waals surface area (Å²) in [4.78, 5) is 16.3. The van der Waals surface area contributed by atoms with Gasteiger partial charge in [-0.25, -0.2) is 0 Å². The molecule has 0 aliphatic heterocycles. The van der Waals surface area contributed by atoms with Crippen LogP contribution < -0.4 is 4.74 Å². The largest absolute Gasteiger partial charge is 0.492 e. The summed E-state index contributed by atoms with van der Waals surface area (Å²) in [5.74, 6) is 0.390. The molecule has 2 aromatic rings. The van der Waals surface area contributed by atoms with Gasteiger partial charge in [0.05, 0.1) is 22.8 Å². The Hall–Kier alpha value is -1.58. The van der Waals surface area contributed by atoms with Crippen LogP contribution in [0.1, 0.15) is 22.8 Å². The summed E-state index contributed by atoms with van der Waals surface area (Å²) >= 11 is 11.7. The van der Waals surface area contributed by atoms with Crippen molar-refractivity contribution in [1.82, 2.24) is 4.98 Å². The van der Waals surface area contributed by atoms with Crippen LogP contribution in [0.5, 0.6) is 5.75 Å². The zero-order valence-electron chi connectivity index (χ0n) is 10.2. The van der Waals surface area contributed by atoms with Gasteiger partial charge in [0, 0.05) is 17.3 Å². The molecule has 1 aromatic carbocycles. The number of pyridine rings is 1. The Balaban J connectivity index is 2.32. The summed E-state index contributed by atoms with van der Waals surface area (Å²) in [6.07, 6.45) is 3.06. The Morgan fingerprint density at radius 1 is 1.16 bits per heavy atom. The standard InChI is InChI=1S/C14H11Cl2NO2/c1-2-19-11-5-10(7-17-8-11)14(18)9-3-4-12(15)13(16)6-9/h3-8H,2H2,1H3. The monoisotopic (exact) mass is 295 g/mol. The molecule has 1 aromatic heterocycles. The van der Waals surface area contributed by atoms with E-state index in [4.69, 9.17) is 27.9 Å². The van der Waals surface area contributed by atoms with Gasteiger partial charge >= 0.3 is 0 Å². The van der Waals surface area contributed by atoms with Crippen molar-refractivity contribution < 1.29 is 9.53 Å². The molecule has 1 heterocycles. The average molecular weight is 296 g/mol. The maximum atomic E-state index is 12.3. The molecule has 19 heavy (non-hydrogen) atoms. The molecule has 98 valence electrons. The van der Waals surface area contributed by atoms with E-state index in [0.29, 0.717) is 33.5 Å². The van der Waals surface area contributed by atoms with Crippen molar-refractivity contribution in [1.29, 1.82) is 0 Å². The zero-order chi connectivity index (χ0) is 13.8. The van der Waals surface area contributed by atoms with Crippen molar-refractivity contribution in [2.45, 2.75) is 6.92 Å². The molecule has 0 saturated heterocycles. The number of hydrogen-bond acceptors (Lipinski definition) is 3. The molecule has 0 saturated carbocycles. The lowest BCUT2D eigenvalue weighted by Crippen LogP contribution is -2.03. The van der Waals surface area contributed by atoms with E-state index in [1.807, 2.05) is 6.92 Å². The molecule has 0 fully saturated rings. The molecule has 0 atom stereocenters. The number of halogens is 2. The van der Waals surface area contributed by atoms with Crippen LogP contribution in [0.15, 0.2) is 36.7 Å². The number of nitrogens with zero attached hydrogens (tertiary/aromatic N) is 1. The Labute approximate surface area is 121 Å². The van der Waals surface area contributed by atoms with E-state index in [0.717, 1.165) is 0 Å². The highest BCUT2D eigenvalue weighted by molar-refractivity contribution is 6.42. The van der Waals surface area contributed by atoms with E-state index in [2.05, 4.69) is 4.98 Å². The number of ketones is 1. The average Bonchev–Trinajstić information content (AvgIpc) is 2.42. The molecule has 3 nitrogen and oxygen atoms in total. The first-order valence-electron chi connectivity index (χ1n) is 5.69. The van der Waals surface area contributed by atoms with Crippen LogP contribution in [-0.2, 0) is 0 Å². The van der Waals surface area contributed by atoms with Gasteiger partial charge in [0.1, 0.15) is 5.75 Å². The van der Waals surface area contributed by atoms with Crippen LogP contribution >= 0.6 is 23.2 Å². The number of hydrogen-bond donors (Lipinski definition) is 0. The Morgan fingerprint density at radius 3 is 2.63 bits per heavy atom. The van der Waals surface area contributed by atoms with E-state index >= 15 is 0 Å². The third kappa shape index (κ3) is 3.25. The molecule has 0 unspecified atom stereocenters. The summed E-state index contributed by atoms with van der Waals surface area (Å²) in [6.45, 7) is 2.39. The summed E-state index contributed by atoms with van der Waals surface area (Å²) in [5.41, 5.74) is 0.911. The van der Waals surface area contributed by atoms with Crippen molar-refractivity contribution in [3.05, 3.63) is 57.8 Å². The lowest BCUT2D eigenvalue weighted by atomic mass is 10.1. The minimum atomic E-state index is -0.174. The number of carbonyl (C=O) groups excluding carboxylic acids is 1. The van der Waals surface area contributed by atoms with E-state index in [9.17, 15) is 4.79 Å². The van der Waals surface area contributed by atoms with Crippen molar-refractivity contribution in [2.75, 3.05) is 6.61 Å². The number of aromatic nitrogens is 1. The van der Waals surface area contributed by atoms with Gasteiger partial charge in [-0.2, -0.15) is 0 Å². The zero-order valence-corrected chi connectivity index (χ0v) is 11.7. The molecular formula is C14H11Cl2NO2. The van der Waals surface area contributed by atoms with Crippen molar-refractivity contribution in [2.24, 2.45) is 0 Å². The first-order valence-corrected chi connectivity index (χ1v) is 6.45. The third-order valence-electron chi connectivity index (χ3n) is 2.47. The summed E-state index contributed by atoms with van der Waals surface area (Å²) in [6, 6.07) is 6.42. The highest BCUT2D eigenvalue weighted by Gasteiger charge is 2.12. The second kappa shape index (κ2) is 6.04. The predicted molar refractivity (Wildman–Crippen MR) is 75.3 cm³/mol. The maximum Gasteiger partial charge on any atom is 0.194 e.